The van der Waals surface area contributed by atoms with E-state index in [0.29, 0.717) is 24.5 Å². The summed E-state index contributed by atoms with van der Waals surface area (Å²) in [5.41, 5.74) is 0.558. The van der Waals surface area contributed by atoms with E-state index in [4.69, 9.17) is 27.6 Å². The van der Waals surface area contributed by atoms with Gasteiger partial charge in [0.25, 0.3) is 0 Å². The van der Waals surface area contributed by atoms with Gasteiger partial charge in [-0.3, -0.25) is 0 Å². The van der Waals surface area contributed by atoms with Crippen molar-refractivity contribution < 1.29 is 9.52 Å². The van der Waals surface area contributed by atoms with Crippen LogP contribution in [0.1, 0.15) is 17.4 Å². The van der Waals surface area contributed by atoms with Gasteiger partial charge in [-0.05, 0) is 28.1 Å². The van der Waals surface area contributed by atoms with Crippen molar-refractivity contribution in [1.29, 1.82) is 0 Å². The lowest BCUT2D eigenvalue weighted by atomic mass is 10.1. The molecule has 0 amide bonds. The van der Waals surface area contributed by atoms with Gasteiger partial charge >= 0.3 is 0 Å². The Bertz CT molecular complexity index is 480. The van der Waals surface area contributed by atoms with Crippen LogP contribution in [0.3, 0.4) is 0 Å². The van der Waals surface area contributed by atoms with Crippen LogP contribution >= 0.6 is 50.5 Å². The number of rotatable bonds is 2. The molecule has 0 aliphatic carbocycles. The summed E-state index contributed by atoms with van der Waals surface area (Å²) in [5, 5.41) is 10.00. The molecule has 2 aromatic rings. The fourth-order valence-corrected chi connectivity index (χ4v) is 3.12. The van der Waals surface area contributed by atoms with Crippen molar-refractivity contribution in [2.75, 3.05) is 0 Å². The molecule has 2 nitrogen and oxygen atoms in total. The summed E-state index contributed by atoms with van der Waals surface area (Å²) in [6, 6.07) is 3.34. The highest BCUT2D eigenvalue weighted by Gasteiger charge is 2.21. The quantitative estimate of drug-likeness (QED) is 0.881. The summed E-state index contributed by atoms with van der Waals surface area (Å²) in [5.74, 6) is 0.423. The molecule has 0 aromatic carbocycles. The summed E-state index contributed by atoms with van der Waals surface area (Å²) in [6.07, 6.45) is 0.593. The highest BCUT2D eigenvalue weighted by atomic mass is 79.9. The summed E-state index contributed by atoms with van der Waals surface area (Å²) in [6.45, 7) is 0. The molecule has 0 radical (unpaired) electrons. The van der Waals surface area contributed by atoms with Crippen LogP contribution in [0.5, 0.6) is 0 Å². The van der Waals surface area contributed by atoms with Crippen LogP contribution in [-0.2, 0) is 0 Å². The van der Waals surface area contributed by atoms with Crippen molar-refractivity contribution in [2.45, 2.75) is 6.10 Å². The van der Waals surface area contributed by atoms with Crippen LogP contribution in [0.15, 0.2) is 27.3 Å². The van der Waals surface area contributed by atoms with E-state index in [1.807, 2.05) is 0 Å². The van der Waals surface area contributed by atoms with Crippen molar-refractivity contribution in [3.63, 3.8) is 0 Å². The summed E-state index contributed by atoms with van der Waals surface area (Å²) in [7, 11) is 0. The smallest absolute Gasteiger partial charge is 0.151 e. The first-order valence-electron chi connectivity index (χ1n) is 3.95. The number of halogens is 3. The number of aliphatic hydroxyl groups excluding tert-OH is 1. The SMILES string of the molecule is OC(c1cc(Cl)sc1Cl)c1occc1Br. The molecular formula is C9H5BrCl2O2S. The molecular weight excluding hydrogens is 323 g/mol. The van der Waals surface area contributed by atoms with Crippen LogP contribution in [0.25, 0.3) is 0 Å². The zero-order valence-electron chi connectivity index (χ0n) is 7.21. The van der Waals surface area contributed by atoms with Gasteiger partial charge in [0.1, 0.15) is 10.4 Å². The number of thiophene rings is 1. The maximum absolute atomic E-state index is 10.00. The van der Waals surface area contributed by atoms with Crippen molar-refractivity contribution in [3.05, 3.63) is 42.9 Å². The second-order valence-electron chi connectivity index (χ2n) is 2.81. The fraction of sp³-hybridized carbons (Fsp3) is 0.111. The molecule has 1 N–H and O–H groups in total. The molecule has 1 unspecified atom stereocenters. The topological polar surface area (TPSA) is 33.4 Å². The number of hydrogen-bond donors (Lipinski definition) is 1. The van der Waals surface area contributed by atoms with E-state index < -0.39 is 6.10 Å². The molecule has 0 saturated carbocycles. The Balaban J connectivity index is 2.40. The third-order valence-corrected chi connectivity index (χ3v) is 4.04. The zero-order chi connectivity index (χ0) is 11.0. The van der Waals surface area contributed by atoms with Gasteiger partial charge in [0.05, 0.1) is 15.1 Å². The van der Waals surface area contributed by atoms with E-state index in [1.165, 1.54) is 17.6 Å². The Hall–Kier alpha value is -0.000000000000000111. The maximum Gasteiger partial charge on any atom is 0.151 e. The Labute approximate surface area is 109 Å². The lowest BCUT2D eigenvalue weighted by Crippen LogP contribution is -1.97. The van der Waals surface area contributed by atoms with E-state index >= 15 is 0 Å². The average molecular weight is 328 g/mol. The minimum absolute atomic E-state index is 0.423. The summed E-state index contributed by atoms with van der Waals surface area (Å²) in [4.78, 5) is 0. The van der Waals surface area contributed by atoms with E-state index in [0.717, 1.165) is 0 Å². The molecule has 0 saturated heterocycles. The van der Waals surface area contributed by atoms with Crippen LogP contribution < -0.4 is 0 Å². The Morgan fingerprint density at radius 2 is 2.20 bits per heavy atom. The average Bonchev–Trinajstić information content (AvgIpc) is 2.71. The highest BCUT2D eigenvalue weighted by molar-refractivity contribution is 9.10. The second-order valence-corrected chi connectivity index (χ2v) is 5.95. The first kappa shape index (κ1) is 11.5. The molecule has 80 valence electrons. The van der Waals surface area contributed by atoms with Gasteiger partial charge < -0.3 is 9.52 Å². The number of hydrogen-bond acceptors (Lipinski definition) is 3. The van der Waals surface area contributed by atoms with Gasteiger partial charge in [-0.2, -0.15) is 0 Å². The van der Waals surface area contributed by atoms with Gasteiger partial charge in [0.15, 0.2) is 5.76 Å². The van der Waals surface area contributed by atoms with Crippen molar-refractivity contribution in [2.24, 2.45) is 0 Å². The van der Waals surface area contributed by atoms with Crippen LogP contribution in [0, 0.1) is 0 Å². The second kappa shape index (κ2) is 4.47. The highest BCUT2D eigenvalue weighted by Crippen LogP contribution is 2.39. The zero-order valence-corrected chi connectivity index (χ0v) is 11.1. The van der Waals surface area contributed by atoms with Crippen LogP contribution in [-0.4, -0.2) is 5.11 Å². The first-order valence-corrected chi connectivity index (χ1v) is 6.32. The summed E-state index contributed by atoms with van der Waals surface area (Å²) < 4.78 is 6.86. The maximum atomic E-state index is 10.00. The van der Waals surface area contributed by atoms with Crippen LogP contribution in [0.2, 0.25) is 8.67 Å². The van der Waals surface area contributed by atoms with Crippen molar-refractivity contribution in [3.8, 4) is 0 Å². The van der Waals surface area contributed by atoms with Gasteiger partial charge in [-0.1, -0.05) is 23.2 Å². The normalized spacial score (nSPS) is 13.1. The lowest BCUT2D eigenvalue weighted by molar-refractivity contribution is 0.189. The molecule has 1 atom stereocenters. The van der Waals surface area contributed by atoms with Gasteiger partial charge in [0, 0.05) is 5.56 Å². The van der Waals surface area contributed by atoms with Gasteiger partial charge in [0.2, 0.25) is 0 Å². The molecule has 2 aromatic heterocycles. The lowest BCUT2D eigenvalue weighted by Gasteiger charge is -2.06. The first-order chi connectivity index (χ1) is 7.09. The minimum Gasteiger partial charge on any atom is -0.465 e. The molecule has 6 heteroatoms. The monoisotopic (exact) mass is 326 g/mol. The predicted octanol–water partition coefficient (Wildman–Crippen LogP) is 4.49. The van der Waals surface area contributed by atoms with Crippen molar-refractivity contribution in [1.82, 2.24) is 0 Å². The van der Waals surface area contributed by atoms with Crippen molar-refractivity contribution >= 4 is 50.5 Å². The Morgan fingerprint density at radius 3 is 2.67 bits per heavy atom. The molecule has 0 aliphatic rings. The third kappa shape index (κ3) is 2.24. The van der Waals surface area contributed by atoms with E-state index in [2.05, 4.69) is 15.9 Å². The molecule has 0 spiro atoms. The molecule has 0 aliphatic heterocycles. The van der Waals surface area contributed by atoms with E-state index in [-0.39, 0.29) is 0 Å². The molecule has 0 fully saturated rings. The van der Waals surface area contributed by atoms with Crippen LogP contribution in [0.4, 0.5) is 0 Å². The largest absolute Gasteiger partial charge is 0.465 e. The number of furan rings is 1. The fourth-order valence-electron chi connectivity index (χ4n) is 1.18. The predicted molar refractivity (Wildman–Crippen MR) is 64.8 cm³/mol. The van der Waals surface area contributed by atoms with E-state index in [9.17, 15) is 5.11 Å². The third-order valence-electron chi connectivity index (χ3n) is 1.87. The number of aliphatic hydroxyl groups is 1. The molecule has 2 heterocycles. The minimum atomic E-state index is -0.898. The van der Waals surface area contributed by atoms with E-state index in [1.54, 1.807) is 12.1 Å². The summed E-state index contributed by atoms with van der Waals surface area (Å²) >= 11 is 16.2. The van der Waals surface area contributed by atoms with Gasteiger partial charge in [-0.25, -0.2) is 0 Å². The Morgan fingerprint density at radius 1 is 1.47 bits per heavy atom. The van der Waals surface area contributed by atoms with Gasteiger partial charge in [-0.15, -0.1) is 11.3 Å². The Kier molecular flexibility index (Phi) is 3.42. The standard InChI is InChI=1S/C9H5BrCl2O2S/c10-5-1-2-14-8(5)7(13)4-3-6(11)15-9(4)12/h1-3,7,13H. The molecule has 15 heavy (non-hydrogen) atoms. The molecule has 2 rings (SSSR count). The molecule has 0 bridgehead atoms.